The summed E-state index contributed by atoms with van der Waals surface area (Å²) >= 11 is 0. The molecule has 0 aliphatic carbocycles. The van der Waals surface area contributed by atoms with Gasteiger partial charge < -0.3 is 9.47 Å². The smallest absolute Gasteiger partial charge is 0.124 e. The van der Waals surface area contributed by atoms with E-state index in [1.807, 2.05) is 52.8 Å². The van der Waals surface area contributed by atoms with Crippen molar-refractivity contribution >= 4 is 0 Å². The Morgan fingerprint density at radius 3 is 2.27 bits per heavy atom. The van der Waals surface area contributed by atoms with E-state index in [2.05, 4.69) is 6.07 Å². The first-order chi connectivity index (χ1) is 6.87. The lowest BCUT2D eigenvalue weighted by atomic mass is 10.2. The van der Waals surface area contributed by atoms with Gasteiger partial charge in [-0.2, -0.15) is 0 Å². The molecule has 0 spiro atoms. The molecule has 1 aromatic carbocycles. The summed E-state index contributed by atoms with van der Waals surface area (Å²) in [6.07, 6.45) is 0.170. The molecular weight excluding hydrogens is 188 g/mol. The molecule has 0 aliphatic heterocycles. The minimum Gasteiger partial charge on any atom is -0.491 e. The van der Waals surface area contributed by atoms with E-state index in [1.165, 1.54) is 0 Å². The van der Waals surface area contributed by atoms with Crippen molar-refractivity contribution < 1.29 is 9.47 Å². The van der Waals surface area contributed by atoms with Gasteiger partial charge in [0.15, 0.2) is 0 Å². The summed E-state index contributed by atoms with van der Waals surface area (Å²) in [6.45, 7) is 10.0. The maximum Gasteiger partial charge on any atom is 0.124 e. The van der Waals surface area contributed by atoms with Gasteiger partial charge >= 0.3 is 0 Å². The van der Waals surface area contributed by atoms with Crippen LogP contribution in [0, 0.1) is 6.07 Å². The summed E-state index contributed by atoms with van der Waals surface area (Å²) in [5.74, 6) is 1.59. The molecule has 0 saturated carbocycles. The molecule has 0 N–H and O–H groups in total. The Hall–Kier alpha value is -1.18. The molecule has 0 amide bonds. The van der Waals surface area contributed by atoms with E-state index in [4.69, 9.17) is 9.47 Å². The van der Waals surface area contributed by atoms with Crippen LogP contribution in [0.25, 0.3) is 0 Å². The third-order valence-corrected chi connectivity index (χ3v) is 1.53. The molecule has 1 rings (SSSR count). The fourth-order valence-corrected chi connectivity index (χ4v) is 1.18. The Morgan fingerprint density at radius 2 is 1.73 bits per heavy atom. The second kappa shape index (κ2) is 4.56. The quantitative estimate of drug-likeness (QED) is 0.755. The maximum absolute atomic E-state index is 5.71. The molecule has 0 saturated heterocycles. The van der Waals surface area contributed by atoms with Crippen molar-refractivity contribution in [1.29, 1.82) is 0 Å². The number of hydrogen-bond donors (Lipinski definition) is 0. The first-order valence-electron chi connectivity index (χ1n) is 5.23. The Balaban J connectivity index is 2.74. The lowest BCUT2D eigenvalue weighted by molar-refractivity contribution is 0.130. The van der Waals surface area contributed by atoms with E-state index in [0.717, 1.165) is 11.5 Å². The van der Waals surface area contributed by atoms with E-state index in [-0.39, 0.29) is 11.7 Å². The Bertz CT molecular complexity index is 311. The standard InChI is InChI=1S/C13H19O2/c1-10(2)14-11-7-6-8-12(9-11)15-13(3,4)5/h7-10H,1-5H3. The van der Waals surface area contributed by atoms with Gasteiger partial charge in [-0.1, -0.05) is 0 Å². The topological polar surface area (TPSA) is 18.5 Å². The molecule has 2 heteroatoms. The lowest BCUT2D eigenvalue weighted by Gasteiger charge is -2.21. The van der Waals surface area contributed by atoms with E-state index < -0.39 is 0 Å². The fourth-order valence-electron chi connectivity index (χ4n) is 1.18. The molecule has 1 radical (unpaired) electrons. The van der Waals surface area contributed by atoms with Crippen molar-refractivity contribution in [1.82, 2.24) is 0 Å². The zero-order valence-electron chi connectivity index (χ0n) is 10.1. The fraction of sp³-hybridized carbons (Fsp3) is 0.538. The van der Waals surface area contributed by atoms with Crippen molar-refractivity contribution in [2.75, 3.05) is 0 Å². The summed E-state index contributed by atoms with van der Waals surface area (Å²) in [5, 5.41) is 0. The van der Waals surface area contributed by atoms with Crippen LogP contribution in [0.4, 0.5) is 0 Å². The predicted molar refractivity (Wildman–Crippen MR) is 61.4 cm³/mol. The van der Waals surface area contributed by atoms with Crippen LogP contribution < -0.4 is 9.47 Å². The van der Waals surface area contributed by atoms with Crippen molar-refractivity contribution in [3.8, 4) is 11.5 Å². The van der Waals surface area contributed by atoms with Crippen LogP contribution in [0.15, 0.2) is 18.2 Å². The second-order valence-electron chi connectivity index (χ2n) is 4.79. The van der Waals surface area contributed by atoms with Gasteiger partial charge in [0.1, 0.15) is 17.1 Å². The highest BCUT2D eigenvalue weighted by molar-refractivity contribution is 5.32. The highest BCUT2D eigenvalue weighted by Crippen LogP contribution is 2.23. The molecule has 0 aliphatic rings. The highest BCUT2D eigenvalue weighted by atomic mass is 16.5. The molecule has 0 bridgehead atoms. The monoisotopic (exact) mass is 207 g/mol. The van der Waals surface area contributed by atoms with Crippen LogP contribution in [0.3, 0.4) is 0 Å². The van der Waals surface area contributed by atoms with Gasteiger partial charge in [-0.3, -0.25) is 0 Å². The maximum atomic E-state index is 5.71. The average Bonchev–Trinajstić information content (AvgIpc) is 1.99. The first kappa shape index (κ1) is 11.9. The number of ether oxygens (including phenoxy) is 2. The SMILES string of the molecule is CC(C)Oc1c[c]cc(OC(C)(C)C)c1. The summed E-state index contributed by atoms with van der Waals surface area (Å²) in [5.41, 5.74) is -0.190. The van der Waals surface area contributed by atoms with E-state index >= 15 is 0 Å². The van der Waals surface area contributed by atoms with E-state index in [1.54, 1.807) is 0 Å². The number of rotatable bonds is 3. The van der Waals surface area contributed by atoms with Crippen LogP contribution in [-0.4, -0.2) is 11.7 Å². The van der Waals surface area contributed by atoms with Crippen LogP contribution in [0.2, 0.25) is 0 Å². The van der Waals surface area contributed by atoms with Crippen molar-refractivity contribution in [3.63, 3.8) is 0 Å². The van der Waals surface area contributed by atoms with Crippen LogP contribution in [0.5, 0.6) is 11.5 Å². The van der Waals surface area contributed by atoms with Crippen LogP contribution in [0.1, 0.15) is 34.6 Å². The number of hydrogen-bond acceptors (Lipinski definition) is 2. The van der Waals surface area contributed by atoms with Gasteiger partial charge in [-0.15, -0.1) is 0 Å². The summed E-state index contributed by atoms with van der Waals surface area (Å²) in [4.78, 5) is 0. The molecule has 83 valence electrons. The zero-order valence-corrected chi connectivity index (χ0v) is 10.1. The molecule has 0 aromatic heterocycles. The van der Waals surface area contributed by atoms with Crippen LogP contribution in [-0.2, 0) is 0 Å². The van der Waals surface area contributed by atoms with Crippen molar-refractivity contribution in [2.24, 2.45) is 0 Å². The lowest BCUT2D eigenvalue weighted by Crippen LogP contribution is -2.22. The first-order valence-corrected chi connectivity index (χ1v) is 5.23. The molecule has 0 fully saturated rings. The molecule has 0 unspecified atom stereocenters. The zero-order chi connectivity index (χ0) is 11.5. The molecule has 0 heterocycles. The summed E-state index contributed by atoms with van der Waals surface area (Å²) < 4.78 is 11.3. The normalized spacial score (nSPS) is 11.6. The third-order valence-electron chi connectivity index (χ3n) is 1.53. The molecule has 2 nitrogen and oxygen atoms in total. The largest absolute Gasteiger partial charge is 0.491 e. The van der Waals surface area contributed by atoms with E-state index in [9.17, 15) is 0 Å². The minimum atomic E-state index is -0.190. The average molecular weight is 207 g/mol. The van der Waals surface area contributed by atoms with Gasteiger partial charge in [0.25, 0.3) is 0 Å². The molecule has 15 heavy (non-hydrogen) atoms. The van der Waals surface area contributed by atoms with Crippen LogP contribution >= 0.6 is 0 Å². The Labute approximate surface area is 92.2 Å². The minimum absolute atomic E-state index is 0.170. The van der Waals surface area contributed by atoms with Gasteiger partial charge in [0.2, 0.25) is 0 Å². The second-order valence-corrected chi connectivity index (χ2v) is 4.79. The van der Waals surface area contributed by atoms with Gasteiger partial charge in [0.05, 0.1) is 6.10 Å². The Kier molecular flexibility index (Phi) is 3.61. The highest BCUT2D eigenvalue weighted by Gasteiger charge is 2.12. The van der Waals surface area contributed by atoms with Gasteiger partial charge in [-0.05, 0) is 52.8 Å². The van der Waals surface area contributed by atoms with Gasteiger partial charge in [0, 0.05) is 6.07 Å². The third kappa shape index (κ3) is 4.73. The van der Waals surface area contributed by atoms with Crippen molar-refractivity contribution in [2.45, 2.75) is 46.3 Å². The predicted octanol–water partition coefficient (Wildman–Crippen LogP) is 3.45. The molecular formula is C13H19O2. The van der Waals surface area contributed by atoms with E-state index in [0.29, 0.717) is 0 Å². The van der Waals surface area contributed by atoms with Crippen molar-refractivity contribution in [3.05, 3.63) is 24.3 Å². The summed E-state index contributed by atoms with van der Waals surface area (Å²) in [7, 11) is 0. The summed E-state index contributed by atoms with van der Waals surface area (Å²) in [6, 6.07) is 8.53. The van der Waals surface area contributed by atoms with Gasteiger partial charge in [-0.25, -0.2) is 0 Å². The molecule has 0 atom stereocenters. The molecule has 1 aromatic rings. The Morgan fingerprint density at radius 1 is 1.13 bits per heavy atom. The number of benzene rings is 1.